The Balaban J connectivity index is 2.80. The lowest BCUT2D eigenvalue weighted by Crippen LogP contribution is -2.30. The number of halogens is 1. The third kappa shape index (κ3) is 4.40. The van der Waals surface area contributed by atoms with Crippen LogP contribution in [-0.4, -0.2) is 33.9 Å². The van der Waals surface area contributed by atoms with Gasteiger partial charge in [-0.1, -0.05) is 17.7 Å². The summed E-state index contributed by atoms with van der Waals surface area (Å²) in [5.41, 5.74) is 0.956. The van der Waals surface area contributed by atoms with Crippen molar-refractivity contribution in [3.05, 3.63) is 46.3 Å². The summed E-state index contributed by atoms with van der Waals surface area (Å²) in [5.74, 6) is 0.518. The molecule has 2 N–H and O–H groups in total. The van der Waals surface area contributed by atoms with Crippen molar-refractivity contribution in [1.82, 2.24) is 20.4 Å². The summed E-state index contributed by atoms with van der Waals surface area (Å²) in [5, 5.41) is 22.4. The summed E-state index contributed by atoms with van der Waals surface area (Å²) in [7, 11) is 1.68. The van der Waals surface area contributed by atoms with Gasteiger partial charge < -0.3 is 20.7 Å². The monoisotopic (exact) mass is 271 g/mol. The molecule has 0 atom stereocenters. The zero-order valence-corrected chi connectivity index (χ0v) is 11.1. The lowest BCUT2D eigenvalue weighted by Gasteiger charge is -2.28. The van der Waals surface area contributed by atoms with Gasteiger partial charge in [0.25, 0.3) is 0 Å². The smallest absolute Gasteiger partial charge is 0.129 e. The lowest BCUT2D eigenvalue weighted by atomic mass is 10.2. The predicted octanol–water partition coefficient (Wildman–Crippen LogP) is 1.76. The molecule has 0 amide bonds. The van der Waals surface area contributed by atoms with E-state index in [1.165, 1.54) is 0 Å². The van der Waals surface area contributed by atoms with Gasteiger partial charge in [-0.25, -0.2) is 4.98 Å². The maximum atomic E-state index is 10.6. The van der Waals surface area contributed by atoms with Gasteiger partial charge in [0.05, 0.1) is 6.20 Å². The molecule has 0 saturated heterocycles. The maximum Gasteiger partial charge on any atom is 0.129 e. The van der Waals surface area contributed by atoms with E-state index < -0.39 is 0 Å². The van der Waals surface area contributed by atoms with Gasteiger partial charge in [-0.3, -0.25) is 5.21 Å². The molecule has 0 fully saturated rings. The first kappa shape index (κ1) is 14.6. The summed E-state index contributed by atoms with van der Waals surface area (Å²) >= 11 is 5.71. The average molecular weight is 272 g/mol. The quantitative estimate of drug-likeness (QED) is 0.607. The van der Waals surface area contributed by atoms with Gasteiger partial charge in [-0.05, 0) is 18.6 Å². The van der Waals surface area contributed by atoms with Crippen LogP contribution in [0.3, 0.4) is 0 Å². The Bertz CT molecular complexity index is 395. The second-order valence-corrected chi connectivity index (χ2v) is 3.96. The molecule has 1 aromatic heterocycles. The van der Waals surface area contributed by atoms with Gasteiger partial charge in [0.1, 0.15) is 11.0 Å². The molecule has 18 heavy (non-hydrogen) atoms. The van der Waals surface area contributed by atoms with Crippen molar-refractivity contribution in [2.24, 2.45) is 0 Å². The highest BCUT2D eigenvalue weighted by Gasteiger charge is 2.07. The molecule has 0 aromatic carbocycles. The van der Waals surface area contributed by atoms with E-state index in [0.29, 0.717) is 24.1 Å². The maximum absolute atomic E-state index is 10.6. The number of nitrogens with zero attached hydrogens (tertiary/aromatic N) is 3. The van der Waals surface area contributed by atoms with Crippen LogP contribution in [0.2, 0.25) is 5.15 Å². The van der Waals surface area contributed by atoms with E-state index in [1.54, 1.807) is 19.3 Å². The summed E-state index contributed by atoms with van der Waals surface area (Å²) in [6.45, 7) is 3.17. The molecule has 0 bridgehead atoms. The Hall–Kier alpha value is -1.50. The molecule has 0 radical (unpaired) electrons. The predicted molar refractivity (Wildman–Crippen MR) is 69.5 cm³/mol. The van der Waals surface area contributed by atoms with Crippen LogP contribution in [0.1, 0.15) is 12.5 Å². The average Bonchev–Trinajstić information content (AvgIpc) is 2.35. The minimum Gasteiger partial charge on any atom is -0.734 e. The van der Waals surface area contributed by atoms with E-state index in [4.69, 9.17) is 16.8 Å². The fourth-order valence-corrected chi connectivity index (χ4v) is 1.61. The van der Waals surface area contributed by atoms with Gasteiger partial charge in [0, 0.05) is 26.3 Å². The van der Waals surface area contributed by atoms with Crippen LogP contribution < -0.4 is 5.32 Å². The van der Waals surface area contributed by atoms with Crippen LogP contribution in [0.4, 0.5) is 0 Å². The molecule has 0 saturated carbocycles. The number of hydroxylamine groups is 2. The van der Waals surface area contributed by atoms with E-state index in [-0.39, 0.29) is 5.23 Å². The molecule has 0 spiro atoms. The molecule has 100 valence electrons. The Labute approximate surface area is 111 Å². The number of hydrogen-bond acceptors (Lipinski definition) is 6. The molecular formula is C11H16ClN4O2-. The summed E-state index contributed by atoms with van der Waals surface area (Å²) in [6, 6.07) is 3.57. The van der Waals surface area contributed by atoms with Crippen molar-refractivity contribution in [2.75, 3.05) is 13.6 Å². The highest BCUT2D eigenvalue weighted by atomic mass is 35.5. The topological polar surface area (TPSA) is 74.7 Å². The van der Waals surface area contributed by atoms with Crippen LogP contribution in [0, 0.1) is 5.21 Å². The molecular weight excluding hydrogens is 256 g/mol. The Morgan fingerprint density at radius 3 is 2.78 bits per heavy atom. The first-order valence-corrected chi connectivity index (χ1v) is 5.84. The molecule has 0 unspecified atom stereocenters. The Morgan fingerprint density at radius 2 is 2.33 bits per heavy atom. The summed E-state index contributed by atoms with van der Waals surface area (Å²) in [4.78, 5) is 5.87. The molecule has 1 aromatic rings. The Morgan fingerprint density at radius 1 is 1.61 bits per heavy atom. The van der Waals surface area contributed by atoms with Crippen molar-refractivity contribution in [3.63, 3.8) is 0 Å². The lowest BCUT2D eigenvalue weighted by molar-refractivity contribution is 0.00821. The fourth-order valence-electron chi connectivity index (χ4n) is 1.50. The molecule has 0 aliphatic heterocycles. The number of aromatic nitrogens is 1. The van der Waals surface area contributed by atoms with Crippen molar-refractivity contribution in [2.45, 2.75) is 13.5 Å². The highest BCUT2D eigenvalue weighted by molar-refractivity contribution is 6.29. The van der Waals surface area contributed by atoms with E-state index in [9.17, 15) is 5.21 Å². The number of nitrogens with one attached hydrogen (secondary N) is 1. The second kappa shape index (κ2) is 7.05. The molecule has 7 heteroatoms. The van der Waals surface area contributed by atoms with Crippen molar-refractivity contribution in [1.29, 1.82) is 0 Å². The standard InChI is InChI=1S/C11H16ClN4O2/c1-3-15(11(13-2)8-16(17)18)7-9-4-5-10(12)14-6-9/h4-6,8,13,17H,3,7H2,1-2H3/q-1. The Kier molecular flexibility index (Phi) is 5.70. The van der Waals surface area contributed by atoms with E-state index in [0.717, 1.165) is 11.8 Å². The SMILES string of the molecule is CCN(Cc1ccc(Cl)nc1)C(=CN([O-])O)NC. The van der Waals surface area contributed by atoms with Crippen LogP contribution >= 0.6 is 11.6 Å². The van der Waals surface area contributed by atoms with Gasteiger partial charge in [-0.2, -0.15) is 0 Å². The number of rotatable bonds is 6. The molecule has 1 heterocycles. The van der Waals surface area contributed by atoms with Gasteiger partial charge in [0.15, 0.2) is 0 Å². The fraction of sp³-hybridized carbons (Fsp3) is 0.364. The van der Waals surface area contributed by atoms with Gasteiger partial charge in [-0.15, -0.1) is 0 Å². The minimum absolute atomic E-state index is 0.228. The molecule has 0 aliphatic rings. The van der Waals surface area contributed by atoms with Crippen LogP contribution in [0.5, 0.6) is 0 Å². The van der Waals surface area contributed by atoms with E-state index in [2.05, 4.69) is 10.3 Å². The number of hydrogen-bond donors (Lipinski definition) is 2. The first-order valence-electron chi connectivity index (χ1n) is 5.47. The van der Waals surface area contributed by atoms with Gasteiger partial charge in [0.2, 0.25) is 0 Å². The molecule has 6 nitrogen and oxygen atoms in total. The summed E-state index contributed by atoms with van der Waals surface area (Å²) < 4.78 is 0. The molecule has 0 aliphatic carbocycles. The second-order valence-electron chi connectivity index (χ2n) is 3.57. The third-order valence-corrected chi connectivity index (χ3v) is 2.60. The molecule has 1 rings (SSSR count). The summed E-state index contributed by atoms with van der Waals surface area (Å²) in [6.07, 6.45) is 2.74. The van der Waals surface area contributed by atoms with Crippen molar-refractivity contribution >= 4 is 11.6 Å². The third-order valence-electron chi connectivity index (χ3n) is 2.37. The highest BCUT2D eigenvalue weighted by Crippen LogP contribution is 2.11. The van der Waals surface area contributed by atoms with Crippen LogP contribution in [-0.2, 0) is 6.54 Å². The van der Waals surface area contributed by atoms with Crippen LogP contribution in [0.25, 0.3) is 0 Å². The van der Waals surface area contributed by atoms with Crippen molar-refractivity contribution < 1.29 is 5.21 Å². The first-order chi connectivity index (χ1) is 8.56. The zero-order chi connectivity index (χ0) is 13.5. The zero-order valence-electron chi connectivity index (χ0n) is 10.3. The van der Waals surface area contributed by atoms with E-state index >= 15 is 0 Å². The van der Waals surface area contributed by atoms with Crippen molar-refractivity contribution in [3.8, 4) is 0 Å². The largest absolute Gasteiger partial charge is 0.734 e. The van der Waals surface area contributed by atoms with E-state index in [1.807, 2.05) is 17.9 Å². The number of pyridine rings is 1. The normalized spacial score (nSPS) is 11.3. The minimum atomic E-state index is -0.228. The van der Waals surface area contributed by atoms with Gasteiger partial charge >= 0.3 is 0 Å². The van der Waals surface area contributed by atoms with Crippen LogP contribution in [0.15, 0.2) is 30.4 Å².